The molecule has 0 radical (unpaired) electrons. The highest BCUT2D eigenvalue weighted by molar-refractivity contribution is 9.10. The number of ether oxygens (including phenoxy) is 1. The molecular formula is C12H14BrNO4S. The van der Waals surface area contributed by atoms with Gasteiger partial charge in [0.25, 0.3) is 0 Å². The highest BCUT2D eigenvalue weighted by Crippen LogP contribution is 2.30. The molecule has 19 heavy (non-hydrogen) atoms. The monoisotopic (exact) mass is 347 g/mol. The second-order valence-electron chi connectivity index (χ2n) is 3.95. The smallest absolute Gasteiger partial charge is 0.197 e. The molecule has 0 aromatic carbocycles. The maximum absolute atomic E-state index is 8.62. The summed E-state index contributed by atoms with van der Waals surface area (Å²) < 4.78 is 17.6. The van der Waals surface area contributed by atoms with Crippen molar-refractivity contribution in [3.63, 3.8) is 0 Å². The van der Waals surface area contributed by atoms with E-state index in [0.717, 1.165) is 4.47 Å². The average molecular weight is 348 g/mol. The van der Waals surface area contributed by atoms with E-state index >= 15 is 0 Å². The first-order valence-electron chi connectivity index (χ1n) is 5.74. The molecule has 0 aliphatic heterocycles. The zero-order valence-corrected chi connectivity index (χ0v) is 12.8. The van der Waals surface area contributed by atoms with Crippen molar-refractivity contribution in [3.8, 4) is 0 Å². The Morgan fingerprint density at radius 3 is 2.95 bits per heavy atom. The minimum Gasteiger partial charge on any atom is -0.458 e. The summed E-state index contributed by atoms with van der Waals surface area (Å²) >= 11 is 8.62. The standard InChI is InChI=1S/C12H14BrNO4S/c1-14(2-4-16-5-3-15)10-6-9(19)12-11(18-10)8(13)7-17-12/h6-7,15H,2-5H2,1H3. The molecule has 5 nitrogen and oxygen atoms in total. The zero-order valence-electron chi connectivity index (χ0n) is 10.4. The van der Waals surface area contributed by atoms with Gasteiger partial charge in [-0.05, 0) is 15.9 Å². The molecule has 0 amide bonds. The number of anilines is 1. The lowest BCUT2D eigenvalue weighted by atomic mass is 10.4. The number of nitrogens with zero attached hydrogens (tertiary/aromatic N) is 1. The molecule has 1 N–H and O–H groups in total. The van der Waals surface area contributed by atoms with E-state index in [9.17, 15) is 0 Å². The third-order valence-electron chi connectivity index (χ3n) is 2.57. The summed E-state index contributed by atoms with van der Waals surface area (Å²) in [7, 11) is 1.88. The second-order valence-corrected chi connectivity index (χ2v) is 5.24. The third kappa shape index (κ3) is 3.36. The second kappa shape index (κ2) is 6.51. The van der Waals surface area contributed by atoms with Gasteiger partial charge >= 0.3 is 0 Å². The molecule has 2 aromatic heterocycles. The Labute approximate surface area is 123 Å². The molecule has 2 aromatic rings. The van der Waals surface area contributed by atoms with Crippen molar-refractivity contribution in [2.75, 3.05) is 38.3 Å². The SMILES string of the molecule is CN(CCOCCO)c1cc(=S)c2occ(Br)c2o1. The molecule has 0 aliphatic carbocycles. The van der Waals surface area contributed by atoms with E-state index in [-0.39, 0.29) is 6.61 Å². The molecule has 2 heterocycles. The van der Waals surface area contributed by atoms with Gasteiger partial charge in [-0.3, -0.25) is 0 Å². The molecule has 0 unspecified atom stereocenters. The number of aliphatic hydroxyl groups excluding tert-OH is 1. The molecule has 7 heteroatoms. The van der Waals surface area contributed by atoms with Crippen LogP contribution in [0.2, 0.25) is 0 Å². The molecule has 0 spiro atoms. The van der Waals surface area contributed by atoms with E-state index in [2.05, 4.69) is 15.9 Å². The molecule has 0 saturated heterocycles. The fraction of sp³-hybridized carbons (Fsp3) is 0.417. The van der Waals surface area contributed by atoms with Crippen LogP contribution in [0.15, 0.2) is 25.6 Å². The Bertz CT molecular complexity index is 609. The van der Waals surface area contributed by atoms with Gasteiger partial charge in [-0.25, -0.2) is 0 Å². The van der Waals surface area contributed by atoms with Crippen LogP contribution < -0.4 is 4.90 Å². The summed E-state index contributed by atoms with van der Waals surface area (Å²) in [6.07, 6.45) is 1.55. The van der Waals surface area contributed by atoms with Crippen molar-refractivity contribution in [1.82, 2.24) is 0 Å². The largest absolute Gasteiger partial charge is 0.458 e. The normalized spacial score (nSPS) is 11.1. The van der Waals surface area contributed by atoms with Gasteiger partial charge in [0.2, 0.25) is 0 Å². The molecule has 2 rings (SSSR count). The predicted molar refractivity (Wildman–Crippen MR) is 78.2 cm³/mol. The maximum Gasteiger partial charge on any atom is 0.197 e. The highest BCUT2D eigenvalue weighted by Gasteiger charge is 2.12. The lowest BCUT2D eigenvalue weighted by Gasteiger charge is -2.17. The number of furan rings is 1. The Morgan fingerprint density at radius 1 is 1.42 bits per heavy atom. The molecule has 0 aliphatic rings. The van der Waals surface area contributed by atoms with Crippen LogP contribution >= 0.6 is 28.1 Å². The van der Waals surface area contributed by atoms with Crippen molar-refractivity contribution in [3.05, 3.63) is 21.3 Å². The van der Waals surface area contributed by atoms with Gasteiger partial charge in [0.05, 0.1) is 28.8 Å². The molecule has 0 fully saturated rings. The van der Waals surface area contributed by atoms with E-state index < -0.39 is 0 Å². The number of halogens is 1. The van der Waals surface area contributed by atoms with Gasteiger partial charge in [0.15, 0.2) is 17.1 Å². The van der Waals surface area contributed by atoms with Crippen LogP contribution in [0.3, 0.4) is 0 Å². The first-order valence-corrected chi connectivity index (χ1v) is 6.94. The molecule has 0 saturated carbocycles. The minimum atomic E-state index is 0.0261. The van der Waals surface area contributed by atoms with E-state index in [1.54, 1.807) is 12.3 Å². The van der Waals surface area contributed by atoms with Crippen LogP contribution in [0.4, 0.5) is 5.88 Å². The summed E-state index contributed by atoms with van der Waals surface area (Å²) in [5, 5.41) is 8.62. The molecular weight excluding hydrogens is 334 g/mol. The minimum absolute atomic E-state index is 0.0261. The zero-order chi connectivity index (χ0) is 13.8. The Kier molecular flexibility index (Phi) is 4.98. The van der Waals surface area contributed by atoms with Crippen molar-refractivity contribution in [2.45, 2.75) is 0 Å². The van der Waals surface area contributed by atoms with E-state index in [1.165, 1.54) is 0 Å². The van der Waals surface area contributed by atoms with Crippen molar-refractivity contribution in [1.29, 1.82) is 0 Å². The number of hydrogen-bond donors (Lipinski definition) is 1. The Morgan fingerprint density at radius 2 is 2.21 bits per heavy atom. The fourth-order valence-corrected chi connectivity index (χ4v) is 2.17. The first kappa shape index (κ1) is 14.5. The highest BCUT2D eigenvalue weighted by atomic mass is 79.9. The maximum atomic E-state index is 8.62. The van der Waals surface area contributed by atoms with E-state index in [4.69, 9.17) is 30.9 Å². The van der Waals surface area contributed by atoms with Gasteiger partial charge < -0.3 is 23.6 Å². The molecule has 0 atom stereocenters. The number of rotatable bonds is 6. The summed E-state index contributed by atoms with van der Waals surface area (Å²) in [5.41, 5.74) is 1.17. The van der Waals surface area contributed by atoms with Gasteiger partial charge in [-0.15, -0.1) is 0 Å². The van der Waals surface area contributed by atoms with Gasteiger partial charge in [0.1, 0.15) is 6.26 Å². The molecule has 104 valence electrons. The number of hydrogen-bond acceptors (Lipinski definition) is 6. The lowest BCUT2D eigenvalue weighted by molar-refractivity contribution is 0.0968. The van der Waals surface area contributed by atoms with Crippen LogP contribution in [0, 0.1) is 4.51 Å². The number of likely N-dealkylation sites (N-methyl/N-ethyl adjacent to an activating group) is 1. The average Bonchev–Trinajstić information content (AvgIpc) is 2.77. The van der Waals surface area contributed by atoms with Crippen LogP contribution in [0.5, 0.6) is 0 Å². The van der Waals surface area contributed by atoms with Gasteiger partial charge in [0, 0.05) is 19.7 Å². The number of fused-ring (bicyclic) bond motifs is 1. The van der Waals surface area contributed by atoms with Crippen LogP contribution in [0.1, 0.15) is 0 Å². The summed E-state index contributed by atoms with van der Waals surface area (Å²) in [4.78, 5) is 1.89. The van der Waals surface area contributed by atoms with Crippen LogP contribution in [-0.4, -0.2) is 38.5 Å². The lowest BCUT2D eigenvalue weighted by Crippen LogP contribution is -2.23. The quantitative estimate of drug-likeness (QED) is 0.640. The van der Waals surface area contributed by atoms with E-state index in [0.29, 0.717) is 41.3 Å². The molecule has 0 bridgehead atoms. The first-order chi connectivity index (χ1) is 9.13. The van der Waals surface area contributed by atoms with Crippen molar-refractivity contribution < 1.29 is 18.7 Å². The van der Waals surface area contributed by atoms with Crippen molar-refractivity contribution in [2.24, 2.45) is 0 Å². The van der Waals surface area contributed by atoms with Gasteiger partial charge in [-0.2, -0.15) is 0 Å². The summed E-state index contributed by atoms with van der Waals surface area (Å²) in [5.74, 6) is 0.646. The van der Waals surface area contributed by atoms with Crippen LogP contribution in [-0.2, 0) is 4.74 Å². The van der Waals surface area contributed by atoms with E-state index in [1.807, 2.05) is 11.9 Å². The summed E-state index contributed by atoms with van der Waals surface area (Å²) in [6.45, 7) is 1.51. The number of aliphatic hydroxyl groups is 1. The Hall–Kier alpha value is -0.890. The Balaban J connectivity index is 2.15. The fourth-order valence-electron chi connectivity index (χ4n) is 1.57. The van der Waals surface area contributed by atoms with Crippen LogP contribution in [0.25, 0.3) is 11.2 Å². The van der Waals surface area contributed by atoms with Gasteiger partial charge in [-0.1, -0.05) is 12.2 Å². The third-order valence-corrected chi connectivity index (χ3v) is 3.42. The summed E-state index contributed by atoms with van der Waals surface area (Å²) in [6, 6.07) is 1.75. The van der Waals surface area contributed by atoms with Crippen molar-refractivity contribution >= 4 is 45.2 Å². The topological polar surface area (TPSA) is 59.0 Å². The predicted octanol–water partition coefficient (Wildman–Crippen LogP) is 2.96.